The van der Waals surface area contributed by atoms with E-state index in [1.54, 1.807) is 36.4 Å². The number of hydrogen-bond donors (Lipinski definition) is 0. The molecule has 5 nitrogen and oxygen atoms in total. The Morgan fingerprint density at radius 2 is 1.71 bits per heavy atom. The highest BCUT2D eigenvalue weighted by Crippen LogP contribution is 2.31. The maximum Gasteiger partial charge on any atom is 0.273 e. The van der Waals surface area contributed by atoms with Gasteiger partial charge in [-0.3, -0.25) is 10.1 Å². The molecule has 0 heterocycles. The van der Waals surface area contributed by atoms with Crippen molar-refractivity contribution in [2.24, 2.45) is 0 Å². The Bertz CT molecular complexity index is 772. The largest absolute Gasteiger partial charge is 0.273 e. The fraction of sp³-hybridized carbons (Fsp3) is 0.143. The molecule has 110 valence electrons. The lowest BCUT2D eigenvalue weighted by molar-refractivity contribution is -0.385. The average molecular weight is 323 g/mol. The first-order valence-electron chi connectivity index (χ1n) is 6.04. The summed E-state index contributed by atoms with van der Waals surface area (Å²) in [5, 5.41) is 11.0. The van der Waals surface area contributed by atoms with Crippen molar-refractivity contribution >= 4 is 27.3 Å². The van der Waals surface area contributed by atoms with E-state index in [-0.39, 0.29) is 10.6 Å². The molecule has 0 saturated carbocycles. The van der Waals surface area contributed by atoms with Crippen molar-refractivity contribution in [1.29, 1.82) is 0 Å². The molecule has 0 aromatic heterocycles. The fourth-order valence-electron chi connectivity index (χ4n) is 1.84. The number of para-hydroxylation sites is 1. The van der Waals surface area contributed by atoms with Gasteiger partial charge >= 0.3 is 0 Å². The molecule has 0 spiro atoms. The van der Waals surface area contributed by atoms with Gasteiger partial charge in [0.05, 0.1) is 9.82 Å². The topological polar surface area (TPSA) is 77.3 Å². The lowest BCUT2D eigenvalue weighted by Gasteiger charge is -2.07. The Hall–Kier alpha value is -1.86. The summed E-state index contributed by atoms with van der Waals surface area (Å²) in [6.07, 6.45) is 1.15. The molecule has 0 fully saturated rings. The first-order chi connectivity index (χ1) is 9.89. The summed E-state index contributed by atoms with van der Waals surface area (Å²) < 4.78 is 23.4. The second-order valence-electron chi connectivity index (χ2n) is 4.39. The van der Waals surface area contributed by atoms with Gasteiger partial charge in [-0.25, -0.2) is 8.42 Å². The summed E-state index contributed by atoms with van der Waals surface area (Å²) in [6.45, 7) is 0. The quantitative estimate of drug-likeness (QED) is 0.479. The van der Waals surface area contributed by atoms with Crippen LogP contribution in [0.4, 0.5) is 5.69 Å². The zero-order chi connectivity index (χ0) is 15.5. The maximum absolute atomic E-state index is 11.7. The number of benzene rings is 2. The molecular formula is C14H13NO4S2. The van der Waals surface area contributed by atoms with Gasteiger partial charge in [0.1, 0.15) is 0 Å². The van der Waals surface area contributed by atoms with Crippen LogP contribution < -0.4 is 0 Å². The number of nitro groups is 1. The van der Waals surface area contributed by atoms with Gasteiger partial charge in [-0.2, -0.15) is 0 Å². The molecule has 2 aromatic rings. The average Bonchev–Trinajstić information content (AvgIpc) is 2.44. The molecule has 0 bridgehead atoms. The summed E-state index contributed by atoms with van der Waals surface area (Å²) in [5.74, 6) is 0.337. The second-order valence-corrected chi connectivity index (χ2v) is 7.39. The van der Waals surface area contributed by atoms with E-state index in [0.717, 1.165) is 6.26 Å². The Morgan fingerprint density at radius 3 is 2.38 bits per heavy atom. The first-order valence-corrected chi connectivity index (χ1v) is 8.91. The van der Waals surface area contributed by atoms with Crippen molar-refractivity contribution in [3.63, 3.8) is 0 Å². The fourth-order valence-corrected chi connectivity index (χ4v) is 4.17. The van der Waals surface area contributed by atoms with Crippen LogP contribution in [0.25, 0.3) is 0 Å². The van der Waals surface area contributed by atoms with Crippen LogP contribution >= 0.6 is 11.8 Å². The Labute approximate surface area is 127 Å². The van der Waals surface area contributed by atoms with E-state index in [1.807, 2.05) is 0 Å². The van der Waals surface area contributed by atoms with Gasteiger partial charge in [0.25, 0.3) is 5.69 Å². The lowest BCUT2D eigenvalue weighted by Crippen LogP contribution is -1.99. The van der Waals surface area contributed by atoms with Gasteiger partial charge in [-0.15, -0.1) is 11.8 Å². The molecule has 2 aromatic carbocycles. The van der Waals surface area contributed by atoms with Gasteiger partial charge in [-0.05, 0) is 12.1 Å². The lowest BCUT2D eigenvalue weighted by atomic mass is 10.2. The van der Waals surface area contributed by atoms with Crippen molar-refractivity contribution in [2.45, 2.75) is 15.5 Å². The van der Waals surface area contributed by atoms with Crippen LogP contribution in [0.15, 0.2) is 58.3 Å². The summed E-state index contributed by atoms with van der Waals surface area (Å²) in [7, 11) is -3.32. The third kappa shape index (κ3) is 3.83. The highest BCUT2D eigenvalue weighted by Gasteiger charge is 2.16. The SMILES string of the molecule is CS(=O)(=O)c1ccccc1SCc1ccccc1[N+](=O)[O-]. The van der Waals surface area contributed by atoms with E-state index >= 15 is 0 Å². The number of rotatable bonds is 5. The van der Waals surface area contributed by atoms with Gasteiger partial charge in [0, 0.05) is 28.5 Å². The van der Waals surface area contributed by atoms with Crippen molar-refractivity contribution in [3.05, 3.63) is 64.2 Å². The van der Waals surface area contributed by atoms with Gasteiger partial charge < -0.3 is 0 Å². The summed E-state index contributed by atoms with van der Waals surface area (Å²) in [5.41, 5.74) is 0.609. The third-order valence-corrected chi connectivity index (χ3v) is 5.23. The molecule has 21 heavy (non-hydrogen) atoms. The van der Waals surface area contributed by atoms with E-state index in [2.05, 4.69) is 0 Å². The molecule has 0 N–H and O–H groups in total. The highest BCUT2D eigenvalue weighted by atomic mass is 32.2. The van der Waals surface area contributed by atoms with Crippen LogP contribution in [0.5, 0.6) is 0 Å². The minimum atomic E-state index is -3.32. The number of hydrogen-bond acceptors (Lipinski definition) is 5. The summed E-state index contributed by atoms with van der Waals surface area (Å²) in [4.78, 5) is 11.4. The number of nitro benzene ring substituents is 1. The van der Waals surface area contributed by atoms with E-state index in [9.17, 15) is 18.5 Å². The van der Waals surface area contributed by atoms with Crippen LogP contribution in [0, 0.1) is 10.1 Å². The van der Waals surface area contributed by atoms with Crippen LogP contribution in [-0.4, -0.2) is 19.6 Å². The molecule has 0 unspecified atom stereocenters. The van der Waals surface area contributed by atoms with Crippen molar-refractivity contribution in [2.75, 3.05) is 6.26 Å². The summed E-state index contributed by atoms with van der Waals surface area (Å²) >= 11 is 1.27. The maximum atomic E-state index is 11.7. The molecule has 0 amide bonds. The number of nitrogens with zero attached hydrogens (tertiary/aromatic N) is 1. The number of thioether (sulfide) groups is 1. The van der Waals surface area contributed by atoms with Gasteiger partial charge in [0.15, 0.2) is 9.84 Å². The molecule has 2 rings (SSSR count). The van der Waals surface area contributed by atoms with E-state index in [0.29, 0.717) is 16.2 Å². The third-order valence-electron chi connectivity index (χ3n) is 2.82. The van der Waals surface area contributed by atoms with E-state index in [4.69, 9.17) is 0 Å². The van der Waals surface area contributed by atoms with Crippen molar-refractivity contribution < 1.29 is 13.3 Å². The van der Waals surface area contributed by atoms with Crippen molar-refractivity contribution in [1.82, 2.24) is 0 Å². The predicted octanol–water partition coefficient (Wildman–Crippen LogP) is 3.29. The smallest absolute Gasteiger partial charge is 0.258 e. The minimum absolute atomic E-state index is 0.0434. The molecule has 0 aliphatic heterocycles. The molecule has 7 heteroatoms. The molecule has 0 radical (unpaired) electrons. The van der Waals surface area contributed by atoms with Crippen LogP contribution in [0.2, 0.25) is 0 Å². The molecule has 0 aliphatic rings. The zero-order valence-electron chi connectivity index (χ0n) is 11.2. The van der Waals surface area contributed by atoms with Gasteiger partial charge in [-0.1, -0.05) is 30.3 Å². The Balaban J connectivity index is 2.28. The van der Waals surface area contributed by atoms with Crippen LogP contribution in [-0.2, 0) is 15.6 Å². The normalized spacial score (nSPS) is 11.3. The standard InChI is InChI=1S/C14H13NO4S2/c1-21(18,19)14-9-5-4-8-13(14)20-10-11-6-2-3-7-12(11)15(16)17/h2-9H,10H2,1H3. The highest BCUT2D eigenvalue weighted by molar-refractivity contribution is 7.99. The Kier molecular flexibility index (Phi) is 4.64. The zero-order valence-corrected chi connectivity index (χ0v) is 12.9. The first kappa shape index (κ1) is 15.5. The second kappa shape index (κ2) is 6.28. The molecule has 0 aliphatic carbocycles. The van der Waals surface area contributed by atoms with Crippen LogP contribution in [0.1, 0.15) is 5.56 Å². The molecule has 0 saturated heterocycles. The molecule has 0 atom stereocenters. The predicted molar refractivity (Wildman–Crippen MR) is 82.2 cm³/mol. The Morgan fingerprint density at radius 1 is 1.10 bits per heavy atom. The number of sulfone groups is 1. The van der Waals surface area contributed by atoms with Crippen LogP contribution in [0.3, 0.4) is 0 Å². The molecular weight excluding hydrogens is 310 g/mol. The van der Waals surface area contributed by atoms with E-state index < -0.39 is 14.8 Å². The minimum Gasteiger partial charge on any atom is -0.258 e. The summed E-state index contributed by atoms with van der Waals surface area (Å²) in [6, 6.07) is 13.1. The monoisotopic (exact) mass is 323 g/mol. The van der Waals surface area contributed by atoms with Gasteiger partial charge in [0.2, 0.25) is 0 Å². The van der Waals surface area contributed by atoms with Crippen molar-refractivity contribution in [3.8, 4) is 0 Å². The van der Waals surface area contributed by atoms with E-state index in [1.165, 1.54) is 23.9 Å².